The molecule has 0 heterocycles. The van der Waals surface area contributed by atoms with Crippen LogP contribution < -0.4 is 5.11 Å². The fourth-order valence-electron chi connectivity index (χ4n) is 1.27. The first-order valence-electron chi connectivity index (χ1n) is 4.90. The summed E-state index contributed by atoms with van der Waals surface area (Å²) in [6.07, 6.45) is -0.233. The molecule has 0 radical (unpaired) electrons. The van der Waals surface area contributed by atoms with E-state index in [0.717, 1.165) is 6.07 Å². The zero-order valence-electron chi connectivity index (χ0n) is 9.08. The van der Waals surface area contributed by atoms with Gasteiger partial charge in [0.05, 0.1) is 4.92 Å². The molecule has 1 aromatic rings. The lowest BCUT2D eigenvalue weighted by atomic mass is 10.00. The minimum Gasteiger partial charge on any atom is -0.550 e. The highest BCUT2D eigenvalue weighted by molar-refractivity contribution is 5.98. The number of hydrogen-bond donors (Lipinski definition) is 0. The molecule has 90 valence electrons. The summed E-state index contributed by atoms with van der Waals surface area (Å²) in [6.45, 7) is 1.35. The Hall–Kier alpha value is -2.24. The zero-order valence-corrected chi connectivity index (χ0v) is 9.08. The standard InChI is InChI=1S/C11H11NO5/c1-7(11(14)15)5-10(13)8-3-2-4-9(6-8)12(16)17/h2-4,6-7H,5H2,1H3,(H,14,15)/p-1. The molecule has 0 fully saturated rings. The lowest BCUT2D eigenvalue weighted by molar-refractivity contribution is -0.384. The number of rotatable bonds is 5. The lowest BCUT2D eigenvalue weighted by Crippen LogP contribution is -2.30. The third kappa shape index (κ3) is 3.37. The van der Waals surface area contributed by atoms with E-state index in [2.05, 4.69) is 0 Å². The maximum absolute atomic E-state index is 11.6. The van der Waals surface area contributed by atoms with Gasteiger partial charge >= 0.3 is 0 Å². The van der Waals surface area contributed by atoms with Crippen molar-refractivity contribution < 1.29 is 19.6 Å². The molecule has 0 aliphatic carbocycles. The number of nitro benzene ring substituents is 1. The van der Waals surface area contributed by atoms with Crippen LogP contribution in [0.25, 0.3) is 0 Å². The van der Waals surface area contributed by atoms with E-state index in [1.165, 1.54) is 25.1 Å². The maximum Gasteiger partial charge on any atom is 0.270 e. The van der Waals surface area contributed by atoms with Gasteiger partial charge in [-0.1, -0.05) is 19.1 Å². The average Bonchev–Trinajstić information content (AvgIpc) is 2.28. The zero-order chi connectivity index (χ0) is 13.0. The fourth-order valence-corrected chi connectivity index (χ4v) is 1.27. The summed E-state index contributed by atoms with van der Waals surface area (Å²) in [6, 6.07) is 5.19. The second-order valence-electron chi connectivity index (χ2n) is 3.65. The van der Waals surface area contributed by atoms with Gasteiger partial charge in [0.2, 0.25) is 0 Å². The topological polar surface area (TPSA) is 100 Å². The van der Waals surface area contributed by atoms with E-state index in [1.54, 1.807) is 0 Å². The molecular weight excluding hydrogens is 226 g/mol. The van der Waals surface area contributed by atoms with Crippen molar-refractivity contribution in [2.75, 3.05) is 0 Å². The number of ketones is 1. The highest BCUT2D eigenvalue weighted by Gasteiger charge is 2.14. The first-order valence-corrected chi connectivity index (χ1v) is 4.90. The molecule has 17 heavy (non-hydrogen) atoms. The molecule has 0 saturated carbocycles. The molecule has 0 aliphatic rings. The molecule has 0 bridgehead atoms. The van der Waals surface area contributed by atoms with Crippen molar-refractivity contribution in [1.82, 2.24) is 0 Å². The molecule has 0 N–H and O–H groups in total. The second kappa shape index (κ2) is 5.20. The summed E-state index contributed by atoms with van der Waals surface area (Å²) in [5.74, 6) is -2.68. The molecule has 1 unspecified atom stereocenters. The second-order valence-corrected chi connectivity index (χ2v) is 3.65. The number of carbonyl (C=O) groups excluding carboxylic acids is 2. The monoisotopic (exact) mass is 236 g/mol. The highest BCUT2D eigenvalue weighted by atomic mass is 16.6. The van der Waals surface area contributed by atoms with Gasteiger partial charge in [-0.05, 0) is 0 Å². The smallest absolute Gasteiger partial charge is 0.270 e. The van der Waals surface area contributed by atoms with Crippen LogP contribution in [0.3, 0.4) is 0 Å². The lowest BCUT2D eigenvalue weighted by Gasteiger charge is -2.10. The van der Waals surface area contributed by atoms with Gasteiger partial charge in [0, 0.05) is 36.0 Å². The van der Waals surface area contributed by atoms with Crippen molar-refractivity contribution in [3.63, 3.8) is 0 Å². The van der Waals surface area contributed by atoms with Gasteiger partial charge in [0.15, 0.2) is 5.78 Å². The minimum atomic E-state index is -1.32. The van der Waals surface area contributed by atoms with Crippen LogP contribution in [-0.2, 0) is 4.79 Å². The Morgan fingerprint density at radius 2 is 2.06 bits per heavy atom. The Morgan fingerprint density at radius 1 is 1.41 bits per heavy atom. The third-order valence-corrected chi connectivity index (χ3v) is 2.27. The summed E-state index contributed by atoms with van der Waals surface area (Å²) in [5.41, 5.74) is -0.0655. The van der Waals surface area contributed by atoms with E-state index in [0.29, 0.717) is 0 Å². The molecule has 6 nitrogen and oxygen atoms in total. The Kier molecular flexibility index (Phi) is 3.92. The number of benzene rings is 1. The molecular formula is C11H10NO5-. The van der Waals surface area contributed by atoms with Gasteiger partial charge in [-0.15, -0.1) is 0 Å². The van der Waals surface area contributed by atoms with Crippen LogP contribution >= 0.6 is 0 Å². The molecule has 6 heteroatoms. The van der Waals surface area contributed by atoms with E-state index in [1.807, 2.05) is 0 Å². The number of carbonyl (C=O) groups is 2. The molecule has 0 aromatic heterocycles. The Bertz CT molecular complexity index is 469. The van der Waals surface area contributed by atoms with Gasteiger partial charge in [-0.25, -0.2) is 0 Å². The molecule has 0 amide bonds. The van der Waals surface area contributed by atoms with Crippen molar-refractivity contribution in [3.8, 4) is 0 Å². The Morgan fingerprint density at radius 3 is 2.59 bits per heavy atom. The number of hydrogen-bond acceptors (Lipinski definition) is 5. The number of Topliss-reactive ketones (excluding diaryl/α,β-unsaturated/α-hetero) is 1. The van der Waals surface area contributed by atoms with Crippen LogP contribution in [0.2, 0.25) is 0 Å². The largest absolute Gasteiger partial charge is 0.550 e. The molecule has 0 spiro atoms. The van der Waals surface area contributed by atoms with E-state index in [-0.39, 0.29) is 17.7 Å². The van der Waals surface area contributed by atoms with Crippen LogP contribution in [0, 0.1) is 16.0 Å². The summed E-state index contributed by atoms with van der Waals surface area (Å²) in [5, 5.41) is 21.0. The van der Waals surface area contributed by atoms with Crippen molar-refractivity contribution in [1.29, 1.82) is 0 Å². The first kappa shape index (κ1) is 12.8. The first-order chi connectivity index (χ1) is 7.91. The van der Waals surface area contributed by atoms with Gasteiger partial charge in [0.25, 0.3) is 5.69 Å². The summed E-state index contributed by atoms with van der Waals surface area (Å²) >= 11 is 0. The van der Waals surface area contributed by atoms with Crippen LogP contribution in [0.1, 0.15) is 23.7 Å². The number of aliphatic carboxylic acids is 1. The Balaban J connectivity index is 2.86. The summed E-state index contributed by atoms with van der Waals surface area (Å²) in [7, 11) is 0. The van der Waals surface area contributed by atoms with Crippen LogP contribution in [0.5, 0.6) is 0 Å². The van der Waals surface area contributed by atoms with E-state index in [9.17, 15) is 24.8 Å². The van der Waals surface area contributed by atoms with Crippen molar-refractivity contribution in [2.24, 2.45) is 5.92 Å². The minimum absolute atomic E-state index is 0.132. The van der Waals surface area contributed by atoms with Crippen LogP contribution in [-0.4, -0.2) is 16.7 Å². The molecule has 1 atom stereocenters. The number of nitrogens with zero attached hydrogens (tertiary/aromatic N) is 1. The van der Waals surface area contributed by atoms with Crippen LogP contribution in [0.15, 0.2) is 24.3 Å². The van der Waals surface area contributed by atoms with Crippen molar-refractivity contribution in [3.05, 3.63) is 39.9 Å². The molecule has 0 saturated heterocycles. The summed E-state index contributed by atoms with van der Waals surface area (Å²) < 4.78 is 0. The molecule has 1 aromatic carbocycles. The summed E-state index contributed by atoms with van der Waals surface area (Å²) in [4.78, 5) is 32.0. The number of carboxylic acids is 1. The predicted molar refractivity (Wildman–Crippen MR) is 56.2 cm³/mol. The van der Waals surface area contributed by atoms with Crippen molar-refractivity contribution in [2.45, 2.75) is 13.3 Å². The van der Waals surface area contributed by atoms with E-state index >= 15 is 0 Å². The number of non-ortho nitro benzene ring substituents is 1. The van der Waals surface area contributed by atoms with Gasteiger partial charge in [-0.3, -0.25) is 14.9 Å². The van der Waals surface area contributed by atoms with E-state index in [4.69, 9.17) is 0 Å². The Labute approximate surface area is 97.0 Å². The fraction of sp³-hybridized carbons (Fsp3) is 0.273. The SMILES string of the molecule is CC(CC(=O)c1cccc([N+](=O)[O-])c1)C(=O)[O-]. The average molecular weight is 236 g/mol. The third-order valence-electron chi connectivity index (χ3n) is 2.27. The van der Waals surface area contributed by atoms with Gasteiger partial charge in [-0.2, -0.15) is 0 Å². The van der Waals surface area contributed by atoms with Gasteiger partial charge < -0.3 is 9.90 Å². The van der Waals surface area contributed by atoms with Crippen molar-refractivity contribution >= 4 is 17.4 Å². The van der Waals surface area contributed by atoms with Gasteiger partial charge in [0.1, 0.15) is 0 Å². The highest BCUT2D eigenvalue weighted by Crippen LogP contribution is 2.16. The maximum atomic E-state index is 11.6. The number of carboxylic acid groups (broad SMARTS) is 1. The molecule has 0 aliphatic heterocycles. The predicted octanol–water partition coefficient (Wildman–Crippen LogP) is 0.554. The number of nitro groups is 1. The quantitative estimate of drug-likeness (QED) is 0.422. The molecule has 1 rings (SSSR count). The van der Waals surface area contributed by atoms with Crippen LogP contribution in [0.4, 0.5) is 5.69 Å². The van der Waals surface area contributed by atoms with E-state index < -0.39 is 22.6 Å². The normalized spacial score (nSPS) is 11.8.